The molecule has 2 fully saturated rings. The molecule has 0 aromatic heterocycles. The quantitative estimate of drug-likeness (QED) is 0.692. The van der Waals surface area contributed by atoms with Crippen molar-refractivity contribution in [1.82, 2.24) is 9.80 Å². The summed E-state index contributed by atoms with van der Waals surface area (Å²) in [5.41, 5.74) is 1.60. The van der Waals surface area contributed by atoms with Crippen molar-refractivity contribution in [3.8, 4) is 5.75 Å². The molecule has 1 atom stereocenters. The van der Waals surface area contributed by atoms with Gasteiger partial charge in [0.2, 0.25) is 5.91 Å². The Morgan fingerprint density at radius 1 is 1.37 bits per heavy atom. The van der Waals surface area contributed by atoms with Crippen molar-refractivity contribution in [2.75, 3.05) is 27.2 Å². The molecule has 1 heterocycles. The number of methoxy groups -OCH3 is 1. The van der Waals surface area contributed by atoms with Gasteiger partial charge in [-0.3, -0.25) is 9.59 Å². The fourth-order valence-corrected chi connectivity index (χ4v) is 4.42. The molecule has 146 valence electrons. The van der Waals surface area contributed by atoms with Crippen LogP contribution in [0.15, 0.2) is 30.9 Å². The zero-order valence-electron chi connectivity index (χ0n) is 16.4. The zero-order chi connectivity index (χ0) is 19.4. The Morgan fingerprint density at radius 2 is 2.11 bits per heavy atom. The van der Waals surface area contributed by atoms with Crippen LogP contribution in [0.5, 0.6) is 5.75 Å². The Kier molecular flexibility index (Phi) is 6.19. The number of likely N-dealkylation sites (tertiary alicyclic amines) is 1. The maximum absolute atomic E-state index is 12.9. The fraction of sp³-hybridized carbons (Fsp3) is 0.545. The molecule has 1 saturated carbocycles. The summed E-state index contributed by atoms with van der Waals surface area (Å²) >= 11 is 0. The van der Waals surface area contributed by atoms with Crippen LogP contribution in [0.3, 0.4) is 0 Å². The molecule has 1 saturated heterocycles. The fourth-order valence-electron chi connectivity index (χ4n) is 4.42. The van der Waals surface area contributed by atoms with E-state index in [2.05, 4.69) is 11.5 Å². The second kappa shape index (κ2) is 8.59. The van der Waals surface area contributed by atoms with Crippen molar-refractivity contribution in [2.45, 2.75) is 44.6 Å². The van der Waals surface area contributed by atoms with E-state index in [-0.39, 0.29) is 17.7 Å². The molecule has 0 radical (unpaired) electrons. The number of hydrogen-bond donors (Lipinski definition) is 0. The second-order valence-corrected chi connectivity index (χ2v) is 7.76. The number of hydrogen-bond acceptors (Lipinski definition) is 3. The highest BCUT2D eigenvalue weighted by atomic mass is 16.5. The molecule has 5 heteroatoms. The Morgan fingerprint density at radius 3 is 2.78 bits per heavy atom. The normalized spacial score (nSPS) is 20.1. The van der Waals surface area contributed by atoms with E-state index in [1.54, 1.807) is 24.2 Å². The molecule has 1 unspecified atom stereocenters. The van der Waals surface area contributed by atoms with Crippen LogP contribution in [0.25, 0.3) is 0 Å². The lowest BCUT2D eigenvalue weighted by Gasteiger charge is -2.25. The topological polar surface area (TPSA) is 49.9 Å². The van der Waals surface area contributed by atoms with E-state index >= 15 is 0 Å². The van der Waals surface area contributed by atoms with Gasteiger partial charge in [0.05, 0.1) is 7.11 Å². The van der Waals surface area contributed by atoms with Gasteiger partial charge in [-0.15, -0.1) is 6.58 Å². The van der Waals surface area contributed by atoms with Crippen LogP contribution in [-0.2, 0) is 11.2 Å². The van der Waals surface area contributed by atoms with Crippen molar-refractivity contribution in [2.24, 2.45) is 5.92 Å². The lowest BCUT2D eigenvalue weighted by Crippen LogP contribution is -2.36. The van der Waals surface area contributed by atoms with Gasteiger partial charge in [-0.05, 0) is 43.0 Å². The van der Waals surface area contributed by atoms with E-state index in [1.807, 2.05) is 19.2 Å². The van der Waals surface area contributed by atoms with Gasteiger partial charge < -0.3 is 14.5 Å². The summed E-state index contributed by atoms with van der Waals surface area (Å²) < 4.78 is 5.36. The SMILES string of the molecule is C=CCc1cc(C(=O)N(C)CC2CC(=O)N(C3CCCC3)C2)ccc1OC. The molecular formula is C22H30N2O3. The van der Waals surface area contributed by atoms with E-state index in [0.29, 0.717) is 31.0 Å². The van der Waals surface area contributed by atoms with Crippen molar-refractivity contribution >= 4 is 11.8 Å². The molecule has 0 spiro atoms. The van der Waals surface area contributed by atoms with Crippen molar-refractivity contribution in [3.63, 3.8) is 0 Å². The molecular weight excluding hydrogens is 340 g/mol. The van der Waals surface area contributed by atoms with E-state index in [0.717, 1.165) is 30.7 Å². The lowest BCUT2D eigenvalue weighted by molar-refractivity contribution is -0.129. The first kappa shape index (κ1) is 19.5. The molecule has 5 nitrogen and oxygen atoms in total. The minimum atomic E-state index is -0.0188. The standard InChI is InChI=1S/C22H30N2O3/c1-4-7-17-13-18(10-11-20(17)27-3)22(26)23(2)14-16-12-21(25)24(15-16)19-8-5-6-9-19/h4,10-11,13,16,19H,1,5-9,12,14-15H2,2-3H3. The van der Waals surface area contributed by atoms with Crippen LogP contribution in [0.2, 0.25) is 0 Å². The second-order valence-electron chi connectivity index (χ2n) is 7.76. The van der Waals surface area contributed by atoms with E-state index in [9.17, 15) is 9.59 Å². The molecule has 0 N–H and O–H groups in total. The van der Waals surface area contributed by atoms with Crippen molar-refractivity contribution in [1.29, 1.82) is 0 Å². The highest BCUT2D eigenvalue weighted by molar-refractivity contribution is 5.94. The molecule has 1 aliphatic heterocycles. The number of carbonyl (C=O) groups is 2. The molecule has 2 aliphatic rings. The van der Waals surface area contributed by atoms with Crippen molar-refractivity contribution in [3.05, 3.63) is 42.0 Å². The monoisotopic (exact) mass is 370 g/mol. The van der Waals surface area contributed by atoms with Crippen LogP contribution in [0.1, 0.15) is 48.0 Å². The Labute approximate surface area is 162 Å². The third-order valence-electron chi connectivity index (χ3n) is 5.77. The van der Waals surface area contributed by atoms with Crippen LogP contribution in [0.4, 0.5) is 0 Å². The van der Waals surface area contributed by atoms with Crippen molar-refractivity contribution < 1.29 is 14.3 Å². The summed E-state index contributed by atoms with van der Waals surface area (Å²) in [6.07, 6.45) is 7.72. The van der Waals surface area contributed by atoms with Gasteiger partial charge in [-0.1, -0.05) is 18.9 Å². The number of allylic oxidation sites excluding steroid dienone is 1. The number of amides is 2. The summed E-state index contributed by atoms with van der Waals surface area (Å²) in [4.78, 5) is 29.1. The average molecular weight is 370 g/mol. The van der Waals surface area contributed by atoms with Gasteiger partial charge in [0.25, 0.3) is 5.91 Å². The zero-order valence-corrected chi connectivity index (χ0v) is 16.4. The number of benzene rings is 1. The average Bonchev–Trinajstić information content (AvgIpc) is 3.30. The third kappa shape index (κ3) is 4.34. The first-order valence-electron chi connectivity index (χ1n) is 9.86. The Bertz CT molecular complexity index is 710. The highest BCUT2D eigenvalue weighted by Gasteiger charge is 2.36. The van der Waals surface area contributed by atoms with Gasteiger partial charge in [-0.25, -0.2) is 0 Å². The maximum Gasteiger partial charge on any atom is 0.253 e. The van der Waals surface area contributed by atoms with Gasteiger partial charge >= 0.3 is 0 Å². The van der Waals surface area contributed by atoms with Gasteiger partial charge in [-0.2, -0.15) is 0 Å². The lowest BCUT2D eigenvalue weighted by atomic mass is 10.0. The molecule has 2 amide bonds. The molecule has 1 aromatic rings. The number of carbonyl (C=O) groups excluding carboxylic acids is 2. The smallest absolute Gasteiger partial charge is 0.253 e. The maximum atomic E-state index is 12.9. The highest BCUT2D eigenvalue weighted by Crippen LogP contribution is 2.30. The molecule has 1 aliphatic carbocycles. The van der Waals surface area contributed by atoms with E-state index < -0.39 is 0 Å². The number of nitrogens with zero attached hydrogens (tertiary/aromatic N) is 2. The summed E-state index contributed by atoms with van der Waals surface area (Å²) in [7, 11) is 3.45. The van der Waals surface area contributed by atoms with Gasteiger partial charge in [0, 0.05) is 44.1 Å². The largest absolute Gasteiger partial charge is 0.496 e. The summed E-state index contributed by atoms with van der Waals surface area (Å²) in [5.74, 6) is 1.22. The van der Waals surface area contributed by atoms with Gasteiger partial charge in [0.1, 0.15) is 5.75 Å². The minimum absolute atomic E-state index is 0.0188. The van der Waals surface area contributed by atoms with Crippen LogP contribution in [0, 0.1) is 5.92 Å². The van der Waals surface area contributed by atoms with Gasteiger partial charge in [0.15, 0.2) is 0 Å². The first-order chi connectivity index (χ1) is 13.0. The minimum Gasteiger partial charge on any atom is -0.496 e. The van der Waals surface area contributed by atoms with Crippen LogP contribution < -0.4 is 4.74 Å². The van der Waals surface area contributed by atoms with E-state index in [4.69, 9.17) is 4.74 Å². The Balaban J connectivity index is 1.63. The Hall–Kier alpha value is -2.30. The summed E-state index contributed by atoms with van der Waals surface area (Å²) in [6, 6.07) is 5.94. The predicted octanol–water partition coefficient (Wildman–Crippen LogP) is 3.29. The number of rotatable bonds is 7. The summed E-state index contributed by atoms with van der Waals surface area (Å²) in [6.45, 7) is 5.16. The molecule has 3 rings (SSSR count). The number of ether oxygens (including phenoxy) is 1. The predicted molar refractivity (Wildman–Crippen MR) is 106 cm³/mol. The molecule has 1 aromatic carbocycles. The van der Waals surface area contributed by atoms with Crippen LogP contribution in [-0.4, -0.2) is 54.9 Å². The molecule has 27 heavy (non-hydrogen) atoms. The molecule has 0 bridgehead atoms. The first-order valence-corrected chi connectivity index (χ1v) is 9.86. The van der Waals surface area contributed by atoms with E-state index in [1.165, 1.54) is 12.8 Å². The third-order valence-corrected chi connectivity index (χ3v) is 5.77. The summed E-state index contributed by atoms with van der Waals surface area (Å²) in [5, 5.41) is 0. The van der Waals surface area contributed by atoms with Crippen LogP contribution >= 0.6 is 0 Å².